The summed E-state index contributed by atoms with van der Waals surface area (Å²) in [6, 6.07) is 3.30. The van der Waals surface area contributed by atoms with Crippen molar-refractivity contribution in [3.05, 3.63) is 23.3 Å². The van der Waals surface area contributed by atoms with E-state index in [0.29, 0.717) is 18.4 Å². The zero-order valence-electron chi connectivity index (χ0n) is 11.9. The summed E-state index contributed by atoms with van der Waals surface area (Å²) in [5.41, 5.74) is 1.50. The molecule has 112 valence electrons. The third kappa shape index (κ3) is 4.50. The molecule has 3 N–H and O–H groups in total. The van der Waals surface area contributed by atoms with Gasteiger partial charge < -0.3 is 10.1 Å². The number of hydrogen-bond acceptors (Lipinski definition) is 4. The van der Waals surface area contributed by atoms with E-state index in [-0.39, 0.29) is 23.2 Å². The van der Waals surface area contributed by atoms with Gasteiger partial charge in [0.15, 0.2) is 0 Å². The largest absolute Gasteiger partial charge is 0.492 e. The molecule has 0 aliphatic carbocycles. The molecule has 0 radical (unpaired) electrons. The van der Waals surface area contributed by atoms with Crippen LogP contribution in [0.15, 0.2) is 17.0 Å². The fourth-order valence-corrected chi connectivity index (χ4v) is 2.67. The lowest BCUT2D eigenvalue weighted by Gasteiger charge is -2.14. The van der Waals surface area contributed by atoms with Crippen LogP contribution in [0.4, 0.5) is 0 Å². The topological polar surface area (TPSA) is 98.5 Å². The lowest BCUT2D eigenvalue weighted by atomic mass is 10.1. The molecular weight excluding hydrogens is 280 g/mol. The summed E-state index contributed by atoms with van der Waals surface area (Å²) in [6.45, 7) is 3.80. The second-order valence-corrected chi connectivity index (χ2v) is 6.11. The molecule has 0 atom stereocenters. The van der Waals surface area contributed by atoms with E-state index in [2.05, 4.69) is 5.32 Å². The minimum Gasteiger partial charge on any atom is -0.492 e. The second-order valence-electron chi connectivity index (χ2n) is 4.58. The van der Waals surface area contributed by atoms with E-state index in [4.69, 9.17) is 9.88 Å². The molecule has 0 aromatic heterocycles. The Balaban J connectivity index is 2.87. The van der Waals surface area contributed by atoms with Gasteiger partial charge in [0.2, 0.25) is 15.9 Å². The Morgan fingerprint density at radius 2 is 2.00 bits per heavy atom. The SMILES string of the molecule is CNC(=O)CCCOc1c(C)cc(C)cc1S(N)(=O)=O. The van der Waals surface area contributed by atoms with Crippen molar-refractivity contribution < 1.29 is 17.9 Å². The number of carbonyl (C=O) groups excluding carboxylic acids is 1. The van der Waals surface area contributed by atoms with E-state index in [0.717, 1.165) is 5.56 Å². The number of nitrogens with two attached hydrogens (primary N) is 1. The normalized spacial score (nSPS) is 11.2. The number of ether oxygens (including phenoxy) is 1. The Morgan fingerprint density at radius 1 is 1.35 bits per heavy atom. The number of carbonyl (C=O) groups is 1. The lowest BCUT2D eigenvalue weighted by molar-refractivity contribution is -0.120. The fourth-order valence-electron chi connectivity index (χ4n) is 1.84. The highest BCUT2D eigenvalue weighted by molar-refractivity contribution is 7.89. The second kappa shape index (κ2) is 6.71. The summed E-state index contributed by atoms with van der Waals surface area (Å²) in [5.74, 6) is 0.177. The zero-order chi connectivity index (χ0) is 15.3. The summed E-state index contributed by atoms with van der Waals surface area (Å²) in [5, 5.41) is 7.71. The van der Waals surface area contributed by atoms with Crippen molar-refractivity contribution in [3.63, 3.8) is 0 Å². The summed E-state index contributed by atoms with van der Waals surface area (Å²) < 4.78 is 28.7. The van der Waals surface area contributed by atoms with Crippen molar-refractivity contribution in [1.82, 2.24) is 5.32 Å². The van der Waals surface area contributed by atoms with Crippen molar-refractivity contribution in [2.45, 2.75) is 31.6 Å². The van der Waals surface area contributed by atoms with Crippen molar-refractivity contribution in [3.8, 4) is 5.75 Å². The highest BCUT2D eigenvalue weighted by atomic mass is 32.2. The molecule has 0 unspecified atom stereocenters. The monoisotopic (exact) mass is 300 g/mol. The van der Waals surface area contributed by atoms with Crippen LogP contribution in [-0.4, -0.2) is 28.0 Å². The molecule has 1 aromatic rings. The van der Waals surface area contributed by atoms with Crippen LogP contribution in [0.25, 0.3) is 0 Å². The molecule has 1 amide bonds. The third-order valence-corrected chi connectivity index (χ3v) is 3.68. The number of rotatable bonds is 6. The third-order valence-electron chi connectivity index (χ3n) is 2.76. The molecule has 0 saturated carbocycles. The quantitative estimate of drug-likeness (QED) is 0.761. The van der Waals surface area contributed by atoms with Gasteiger partial charge in [0.05, 0.1) is 6.61 Å². The standard InChI is InChI=1S/C13H20N2O4S/c1-9-7-10(2)13(11(8-9)20(14,17)18)19-6-4-5-12(16)15-3/h7-8H,4-6H2,1-3H3,(H,15,16)(H2,14,17,18). The number of sulfonamides is 1. The fraction of sp³-hybridized carbons (Fsp3) is 0.462. The van der Waals surface area contributed by atoms with E-state index in [1.54, 1.807) is 20.9 Å². The van der Waals surface area contributed by atoms with Gasteiger partial charge in [-0.05, 0) is 37.5 Å². The first-order valence-corrected chi connectivity index (χ1v) is 7.77. The number of nitrogens with one attached hydrogen (secondary N) is 1. The highest BCUT2D eigenvalue weighted by Gasteiger charge is 2.18. The Kier molecular flexibility index (Phi) is 5.52. The first-order chi connectivity index (χ1) is 9.25. The smallest absolute Gasteiger partial charge is 0.241 e. The van der Waals surface area contributed by atoms with Crippen LogP contribution in [0.3, 0.4) is 0 Å². The predicted octanol–water partition coefficient (Wildman–Crippen LogP) is 0.856. The molecule has 1 aromatic carbocycles. The summed E-state index contributed by atoms with van der Waals surface area (Å²) >= 11 is 0. The van der Waals surface area contributed by atoms with E-state index in [1.165, 1.54) is 6.07 Å². The molecule has 0 saturated heterocycles. The molecule has 0 spiro atoms. The molecule has 0 aliphatic heterocycles. The summed E-state index contributed by atoms with van der Waals surface area (Å²) in [7, 11) is -2.28. The molecule has 6 nitrogen and oxygen atoms in total. The first-order valence-electron chi connectivity index (χ1n) is 6.23. The number of aryl methyl sites for hydroxylation is 2. The van der Waals surface area contributed by atoms with Gasteiger partial charge >= 0.3 is 0 Å². The Labute approximate surface area is 119 Å². The van der Waals surface area contributed by atoms with E-state index < -0.39 is 10.0 Å². The van der Waals surface area contributed by atoms with Crippen LogP contribution < -0.4 is 15.2 Å². The van der Waals surface area contributed by atoms with Gasteiger partial charge in [-0.25, -0.2) is 13.6 Å². The van der Waals surface area contributed by atoms with Crippen LogP contribution in [0.2, 0.25) is 0 Å². The van der Waals surface area contributed by atoms with Gasteiger partial charge in [-0.1, -0.05) is 6.07 Å². The van der Waals surface area contributed by atoms with Crippen molar-refractivity contribution in [2.75, 3.05) is 13.7 Å². The Hall–Kier alpha value is -1.60. The lowest BCUT2D eigenvalue weighted by Crippen LogP contribution is -2.18. The predicted molar refractivity (Wildman–Crippen MR) is 76.1 cm³/mol. The van der Waals surface area contributed by atoms with Gasteiger partial charge in [-0.2, -0.15) is 0 Å². The molecule has 20 heavy (non-hydrogen) atoms. The van der Waals surface area contributed by atoms with Crippen molar-refractivity contribution >= 4 is 15.9 Å². The van der Waals surface area contributed by atoms with E-state index in [9.17, 15) is 13.2 Å². The minimum atomic E-state index is -3.84. The Morgan fingerprint density at radius 3 is 2.55 bits per heavy atom. The van der Waals surface area contributed by atoms with Crippen LogP contribution in [0, 0.1) is 13.8 Å². The van der Waals surface area contributed by atoms with E-state index in [1.807, 2.05) is 6.07 Å². The molecule has 0 heterocycles. The van der Waals surface area contributed by atoms with Gasteiger partial charge in [0, 0.05) is 13.5 Å². The average molecular weight is 300 g/mol. The molecule has 7 heteroatoms. The maximum Gasteiger partial charge on any atom is 0.241 e. The zero-order valence-corrected chi connectivity index (χ0v) is 12.7. The van der Waals surface area contributed by atoms with Crippen LogP contribution in [0.5, 0.6) is 5.75 Å². The maximum atomic E-state index is 11.6. The van der Waals surface area contributed by atoms with Crippen LogP contribution >= 0.6 is 0 Å². The first kappa shape index (κ1) is 16.5. The Bertz CT molecular complexity index is 597. The van der Waals surface area contributed by atoms with Gasteiger partial charge in [-0.3, -0.25) is 4.79 Å². The van der Waals surface area contributed by atoms with Gasteiger partial charge in [0.25, 0.3) is 0 Å². The molecule has 0 aliphatic rings. The maximum absolute atomic E-state index is 11.6. The van der Waals surface area contributed by atoms with Gasteiger partial charge in [0.1, 0.15) is 10.6 Å². The molecule has 1 rings (SSSR count). The highest BCUT2D eigenvalue weighted by Crippen LogP contribution is 2.28. The average Bonchev–Trinajstić information content (AvgIpc) is 2.34. The number of primary sulfonamides is 1. The van der Waals surface area contributed by atoms with Crippen molar-refractivity contribution in [1.29, 1.82) is 0 Å². The molecule has 0 bridgehead atoms. The van der Waals surface area contributed by atoms with Crippen LogP contribution in [-0.2, 0) is 14.8 Å². The van der Waals surface area contributed by atoms with Crippen molar-refractivity contribution in [2.24, 2.45) is 5.14 Å². The summed E-state index contributed by atoms with van der Waals surface area (Å²) in [4.78, 5) is 11.1. The van der Waals surface area contributed by atoms with E-state index >= 15 is 0 Å². The molecular formula is C13H20N2O4S. The number of amides is 1. The number of hydrogen-bond donors (Lipinski definition) is 2. The molecule has 0 fully saturated rings. The number of benzene rings is 1. The summed E-state index contributed by atoms with van der Waals surface area (Å²) in [6.07, 6.45) is 0.823. The minimum absolute atomic E-state index is 0.0186. The van der Waals surface area contributed by atoms with Crippen LogP contribution in [0.1, 0.15) is 24.0 Å². The van der Waals surface area contributed by atoms with Gasteiger partial charge in [-0.15, -0.1) is 0 Å².